The van der Waals surface area contributed by atoms with Crippen molar-refractivity contribution < 1.29 is 14.7 Å². The molecular formula is C15H11ClO3S. The predicted molar refractivity (Wildman–Crippen MR) is 81.2 cm³/mol. The molecule has 20 heavy (non-hydrogen) atoms. The van der Waals surface area contributed by atoms with Crippen molar-refractivity contribution in [1.82, 2.24) is 0 Å². The monoisotopic (exact) mass is 306 g/mol. The highest BCUT2D eigenvalue weighted by atomic mass is 35.5. The number of halogens is 1. The predicted octanol–water partition coefficient (Wildman–Crippen LogP) is 3.54. The summed E-state index contributed by atoms with van der Waals surface area (Å²) in [5, 5.41) is 9.57. The minimum atomic E-state index is -1.12. The molecule has 1 aliphatic rings. The number of hydrogen-bond donors (Lipinski definition) is 1. The number of benzene rings is 1. The van der Waals surface area contributed by atoms with Gasteiger partial charge in [0, 0.05) is 28.3 Å². The topological polar surface area (TPSA) is 54.4 Å². The van der Waals surface area contributed by atoms with E-state index in [1.807, 2.05) is 6.07 Å². The van der Waals surface area contributed by atoms with Gasteiger partial charge in [0.25, 0.3) is 0 Å². The molecular weight excluding hydrogens is 296 g/mol. The third kappa shape index (κ3) is 3.21. The molecule has 0 amide bonds. The van der Waals surface area contributed by atoms with E-state index < -0.39 is 5.97 Å². The van der Waals surface area contributed by atoms with Crippen molar-refractivity contribution in [1.29, 1.82) is 0 Å². The number of ketones is 1. The smallest absolute Gasteiger partial charge is 0.336 e. The van der Waals surface area contributed by atoms with E-state index in [-0.39, 0.29) is 17.8 Å². The van der Waals surface area contributed by atoms with Gasteiger partial charge in [-0.2, -0.15) is 0 Å². The van der Waals surface area contributed by atoms with Gasteiger partial charge in [-0.1, -0.05) is 54.2 Å². The lowest BCUT2D eigenvalue weighted by atomic mass is 9.91. The molecule has 0 aliphatic heterocycles. The van der Waals surface area contributed by atoms with Gasteiger partial charge in [-0.05, 0) is 11.6 Å². The number of carbonyl (C=O) groups excluding carboxylic acids is 1. The fourth-order valence-corrected chi connectivity index (χ4v) is 2.64. The van der Waals surface area contributed by atoms with E-state index in [1.165, 1.54) is 6.08 Å². The molecule has 0 fully saturated rings. The highest BCUT2D eigenvalue weighted by Crippen LogP contribution is 2.28. The van der Waals surface area contributed by atoms with Crippen LogP contribution >= 0.6 is 23.8 Å². The molecule has 3 nitrogen and oxygen atoms in total. The Balaban J connectivity index is 2.34. The molecule has 0 aromatic heterocycles. The van der Waals surface area contributed by atoms with Gasteiger partial charge in [0.05, 0.1) is 5.57 Å². The summed E-state index contributed by atoms with van der Waals surface area (Å²) in [7, 11) is 0. The molecule has 1 aromatic carbocycles. The number of aliphatic carboxylic acids is 1. The first kappa shape index (κ1) is 14.6. The molecule has 0 bridgehead atoms. The Morgan fingerprint density at radius 1 is 1.25 bits per heavy atom. The van der Waals surface area contributed by atoms with Crippen molar-refractivity contribution in [3.8, 4) is 0 Å². The molecule has 0 spiro atoms. The maximum atomic E-state index is 12.2. The summed E-state index contributed by atoms with van der Waals surface area (Å²) < 4.78 is 0. The molecule has 0 heterocycles. The van der Waals surface area contributed by atoms with E-state index in [0.29, 0.717) is 27.5 Å². The summed E-state index contributed by atoms with van der Waals surface area (Å²) in [6.45, 7) is 0. The normalized spacial score (nSPS) is 15.1. The number of allylic oxidation sites excluding steroid dienone is 2. The number of carboxylic acid groups (broad SMARTS) is 1. The lowest BCUT2D eigenvalue weighted by Gasteiger charge is -2.16. The zero-order chi connectivity index (χ0) is 14.7. The number of hydrogen-bond acceptors (Lipinski definition) is 3. The summed E-state index contributed by atoms with van der Waals surface area (Å²) in [6.07, 6.45) is 1.66. The Morgan fingerprint density at radius 2 is 1.90 bits per heavy atom. The molecule has 1 aliphatic carbocycles. The van der Waals surface area contributed by atoms with Gasteiger partial charge >= 0.3 is 5.97 Å². The first-order chi connectivity index (χ1) is 9.49. The molecule has 1 N–H and O–H groups in total. The lowest BCUT2D eigenvalue weighted by molar-refractivity contribution is -0.132. The number of rotatable bonds is 4. The van der Waals surface area contributed by atoms with E-state index in [1.54, 1.807) is 24.3 Å². The van der Waals surface area contributed by atoms with Gasteiger partial charge in [-0.15, -0.1) is 0 Å². The second-order valence-electron chi connectivity index (χ2n) is 4.35. The third-order valence-electron chi connectivity index (χ3n) is 2.96. The van der Waals surface area contributed by atoms with Crippen molar-refractivity contribution in [2.45, 2.75) is 12.8 Å². The van der Waals surface area contributed by atoms with Crippen molar-refractivity contribution in [3.05, 3.63) is 58.1 Å². The molecule has 0 saturated carbocycles. The average molecular weight is 307 g/mol. The van der Waals surface area contributed by atoms with Gasteiger partial charge in [0.15, 0.2) is 5.78 Å². The highest BCUT2D eigenvalue weighted by molar-refractivity contribution is 7.80. The Kier molecular flexibility index (Phi) is 4.47. The fourth-order valence-electron chi connectivity index (χ4n) is 1.98. The maximum absolute atomic E-state index is 12.2. The number of carboxylic acids is 1. The number of Topliss-reactive ketones (excluding diaryl/α,β-unsaturated/α-hetero) is 1. The first-order valence-corrected chi connectivity index (χ1v) is 6.71. The van der Waals surface area contributed by atoms with Crippen molar-refractivity contribution in [2.75, 3.05) is 0 Å². The van der Waals surface area contributed by atoms with Crippen LogP contribution in [0, 0.1) is 0 Å². The highest BCUT2D eigenvalue weighted by Gasteiger charge is 2.24. The minimum Gasteiger partial charge on any atom is -0.478 e. The lowest BCUT2D eigenvalue weighted by Crippen LogP contribution is -2.16. The van der Waals surface area contributed by atoms with Gasteiger partial charge in [-0.3, -0.25) is 4.79 Å². The Hall–Kier alpha value is -1.78. The average Bonchev–Trinajstić information content (AvgIpc) is 2.42. The summed E-state index contributed by atoms with van der Waals surface area (Å²) >= 11 is 11.0. The second-order valence-corrected chi connectivity index (χ2v) is 5.33. The molecule has 0 saturated heterocycles. The SMILES string of the molecule is O=C(O)C1=C(CC(=O)c2ccccc2)C(=S)CC(Cl)=C1. The third-order valence-corrected chi connectivity index (χ3v) is 3.59. The van der Waals surface area contributed by atoms with Gasteiger partial charge in [0.1, 0.15) is 0 Å². The summed E-state index contributed by atoms with van der Waals surface area (Å²) in [6, 6.07) is 8.72. The summed E-state index contributed by atoms with van der Waals surface area (Å²) in [5.74, 6) is -1.28. The molecule has 0 atom stereocenters. The van der Waals surface area contributed by atoms with E-state index in [0.717, 1.165) is 0 Å². The van der Waals surface area contributed by atoms with Gasteiger partial charge in [0.2, 0.25) is 0 Å². The van der Waals surface area contributed by atoms with Crippen LogP contribution in [0.3, 0.4) is 0 Å². The van der Waals surface area contributed by atoms with Crippen molar-refractivity contribution in [3.63, 3.8) is 0 Å². The van der Waals surface area contributed by atoms with Crippen LogP contribution in [0.5, 0.6) is 0 Å². The van der Waals surface area contributed by atoms with Crippen LogP contribution in [0.25, 0.3) is 0 Å². The van der Waals surface area contributed by atoms with Crippen LogP contribution in [-0.4, -0.2) is 21.7 Å². The summed E-state index contributed by atoms with van der Waals surface area (Å²) in [4.78, 5) is 23.8. The molecule has 1 aromatic rings. The zero-order valence-electron chi connectivity index (χ0n) is 10.4. The quantitative estimate of drug-likeness (QED) is 0.683. The fraction of sp³-hybridized carbons (Fsp3) is 0.133. The molecule has 102 valence electrons. The van der Waals surface area contributed by atoms with E-state index in [9.17, 15) is 14.7 Å². The minimum absolute atomic E-state index is 0.00975. The first-order valence-electron chi connectivity index (χ1n) is 5.93. The van der Waals surface area contributed by atoms with Crippen LogP contribution in [0.15, 0.2) is 52.6 Å². The Labute approximate surface area is 126 Å². The van der Waals surface area contributed by atoms with E-state index in [2.05, 4.69) is 0 Å². The largest absolute Gasteiger partial charge is 0.478 e. The molecule has 5 heteroatoms. The summed E-state index contributed by atoms with van der Waals surface area (Å²) in [5.41, 5.74) is 0.925. The second kappa shape index (κ2) is 6.11. The zero-order valence-corrected chi connectivity index (χ0v) is 12.0. The Morgan fingerprint density at radius 3 is 2.50 bits per heavy atom. The van der Waals surface area contributed by atoms with Crippen LogP contribution in [-0.2, 0) is 4.79 Å². The molecule has 0 radical (unpaired) electrons. The standard InChI is InChI=1S/C15H11ClO3S/c16-10-6-12(15(18)19)11(14(20)7-10)8-13(17)9-4-2-1-3-5-9/h1-6H,7-8H2,(H,18,19). The van der Waals surface area contributed by atoms with Crippen LogP contribution in [0.1, 0.15) is 23.2 Å². The van der Waals surface area contributed by atoms with E-state index in [4.69, 9.17) is 23.8 Å². The number of thiocarbonyl (C=S) groups is 1. The van der Waals surface area contributed by atoms with Crippen LogP contribution in [0.4, 0.5) is 0 Å². The molecule has 2 rings (SSSR count). The van der Waals surface area contributed by atoms with Crippen LogP contribution in [0.2, 0.25) is 0 Å². The Bertz CT molecular complexity index is 644. The van der Waals surface area contributed by atoms with Crippen molar-refractivity contribution in [2.24, 2.45) is 0 Å². The van der Waals surface area contributed by atoms with Gasteiger partial charge < -0.3 is 5.11 Å². The van der Waals surface area contributed by atoms with Crippen LogP contribution < -0.4 is 0 Å². The van der Waals surface area contributed by atoms with Gasteiger partial charge in [-0.25, -0.2) is 4.79 Å². The molecule has 0 unspecified atom stereocenters. The number of carbonyl (C=O) groups is 2. The van der Waals surface area contributed by atoms with Crippen molar-refractivity contribution >= 4 is 40.4 Å². The van der Waals surface area contributed by atoms with E-state index >= 15 is 0 Å². The maximum Gasteiger partial charge on any atom is 0.336 e.